The number of halogens is 1. The summed E-state index contributed by atoms with van der Waals surface area (Å²) >= 11 is 6.03. The quantitative estimate of drug-likeness (QED) is 0.748. The van der Waals surface area contributed by atoms with E-state index in [1.54, 1.807) is 24.3 Å². The Balaban J connectivity index is 2.45. The van der Waals surface area contributed by atoms with Gasteiger partial charge in [-0.25, -0.2) is 4.79 Å². The zero-order valence-corrected chi connectivity index (χ0v) is 11.0. The molecule has 0 bridgehead atoms. The number of hydrogen-bond acceptors (Lipinski definition) is 3. The van der Waals surface area contributed by atoms with E-state index in [9.17, 15) is 4.79 Å². The van der Waals surface area contributed by atoms with Crippen LogP contribution in [0.1, 0.15) is 15.9 Å². The van der Waals surface area contributed by atoms with E-state index in [0.717, 1.165) is 11.3 Å². The third-order valence-electron chi connectivity index (χ3n) is 2.81. The molecule has 0 amide bonds. The van der Waals surface area contributed by atoms with Gasteiger partial charge >= 0.3 is 5.97 Å². The Bertz CT molecular complexity index is 641. The van der Waals surface area contributed by atoms with Gasteiger partial charge in [0.05, 0.1) is 11.3 Å². The average Bonchev–Trinajstić information content (AvgIpc) is 2.35. The van der Waals surface area contributed by atoms with E-state index < -0.39 is 5.97 Å². The Morgan fingerprint density at radius 3 is 2.68 bits per heavy atom. The molecule has 0 saturated heterocycles. The van der Waals surface area contributed by atoms with E-state index in [1.807, 2.05) is 13.0 Å². The van der Waals surface area contributed by atoms with E-state index in [4.69, 9.17) is 22.4 Å². The molecule has 19 heavy (non-hydrogen) atoms. The zero-order valence-electron chi connectivity index (χ0n) is 10.3. The van der Waals surface area contributed by atoms with Crippen molar-refractivity contribution in [2.45, 2.75) is 6.92 Å². The maximum atomic E-state index is 11.2. The number of nitrogens with two attached hydrogens (primary N) is 1. The van der Waals surface area contributed by atoms with Crippen molar-refractivity contribution in [3.05, 3.63) is 52.5 Å². The van der Waals surface area contributed by atoms with Crippen molar-refractivity contribution in [2.24, 2.45) is 0 Å². The van der Waals surface area contributed by atoms with E-state index in [1.165, 1.54) is 6.07 Å². The van der Waals surface area contributed by atoms with Crippen LogP contribution in [0.25, 0.3) is 0 Å². The molecule has 4 N–H and O–H groups in total. The number of benzene rings is 2. The van der Waals surface area contributed by atoms with Crippen molar-refractivity contribution in [1.29, 1.82) is 0 Å². The minimum absolute atomic E-state index is 0.161. The third kappa shape index (κ3) is 2.80. The highest BCUT2D eigenvalue weighted by molar-refractivity contribution is 6.31. The topological polar surface area (TPSA) is 75.3 Å². The zero-order chi connectivity index (χ0) is 14.0. The first kappa shape index (κ1) is 13.2. The number of nitrogen functional groups attached to an aromatic ring is 1. The van der Waals surface area contributed by atoms with Gasteiger partial charge in [0.25, 0.3) is 0 Å². The average molecular weight is 277 g/mol. The summed E-state index contributed by atoms with van der Waals surface area (Å²) in [7, 11) is 0. The molecule has 2 aromatic rings. The first-order chi connectivity index (χ1) is 8.99. The lowest BCUT2D eigenvalue weighted by molar-refractivity contribution is 0.0698. The SMILES string of the molecule is Cc1c(Cl)cccc1Nc1cc(N)ccc1C(=O)O. The number of carboxylic acids is 1. The second-order valence-electron chi connectivity index (χ2n) is 4.15. The van der Waals surface area contributed by atoms with Crippen LogP contribution in [0.3, 0.4) is 0 Å². The summed E-state index contributed by atoms with van der Waals surface area (Å²) in [6, 6.07) is 10.0. The number of nitrogens with one attached hydrogen (secondary N) is 1. The Morgan fingerprint density at radius 2 is 2.00 bits per heavy atom. The second-order valence-corrected chi connectivity index (χ2v) is 4.55. The minimum Gasteiger partial charge on any atom is -0.478 e. The molecular formula is C14H13ClN2O2. The van der Waals surface area contributed by atoms with Gasteiger partial charge in [-0.15, -0.1) is 0 Å². The van der Waals surface area contributed by atoms with Gasteiger partial charge in [-0.3, -0.25) is 0 Å². The summed E-state index contributed by atoms with van der Waals surface area (Å²) in [5.41, 5.74) is 8.39. The number of aromatic carboxylic acids is 1. The van der Waals surface area contributed by atoms with Crippen LogP contribution in [0.4, 0.5) is 17.1 Å². The van der Waals surface area contributed by atoms with Gasteiger partial charge in [-0.05, 0) is 42.8 Å². The Labute approximate surface area is 115 Å². The fourth-order valence-electron chi connectivity index (χ4n) is 1.74. The van der Waals surface area contributed by atoms with Gasteiger partial charge in [0, 0.05) is 16.4 Å². The number of anilines is 3. The van der Waals surface area contributed by atoms with Crippen LogP contribution >= 0.6 is 11.6 Å². The number of hydrogen-bond donors (Lipinski definition) is 3. The first-order valence-electron chi connectivity index (χ1n) is 5.64. The van der Waals surface area contributed by atoms with Gasteiger partial charge < -0.3 is 16.2 Å². The molecule has 2 aromatic carbocycles. The van der Waals surface area contributed by atoms with Gasteiger partial charge in [-0.2, -0.15) is 0 Å². The second kappa shape index (κ2) is 5.20. The van der Waals surface area contributed by atoms with Crippen molar-refractivity contribution in [1.82, 2.24) is 0 Å². The lowest BCUT2D eigenvalue weighted by Gasteiger charge is -2.13. The molecule has 0 aliphatic rings. The number of carboxylic acid groups (broad SMARTS) is 1. The summed E-state index contributed by atoms with van der Waals surface area (Å²) in [6.45, 7) is 1.86. The maximum absolute atomic E-state index is 11.2. The summed E-state index contributed by atoms with van der Waals surface area (Å²) in [5.74, 6) is -1.01. The molecular weight excluding hydrogens is 264 g/mol. The van der Waals surface area contributed by atoms with Crippen LogP contribution < -0.4 is 11.1 Å². The molecule has 0 atom stereocenters. The van der Waals surface area contributed by atoms with Crippen molar-refractivity contribution in [2.75, 3.05) is 11.1 Å². The molecule has 0 aliphatic carbocycles. The lowest BCUT2D eigenvalue weighted by atomic mass is 10.1. The molecule has 98 valence electrons. The van der Waals surface area contributed by atoms with Gasteiger partial charge in [0.15, 0.2) is 0 Å². The lowest BCUT2D eigenvalue weighted by Crippen LogP contribution is -2.04. The van der Waals surface area contributed by atoms with Crippen molar-refractivity contribution in [3.63, 3.8) is 0 Å². The molecule has 5 heteroatoms. The normalized spacial score (nSPS) is 10.2. The van der Waals surface area contributed by atoms with Gasteiger partial charge in [-0.1, -0.05) is 17.7 Å². The first-order valence-corrected chi connectivity index (χ1v) is 6.02. The van der Waals surface area contributed by atoms with Crippen LogP contribution in [-0.4, -0.2) is 11.1 Å². The van der Waals surface area contributed by atoms with E-state index in [2.05, 4.69) is 5.32 Å². The Kier molecular flexibility index (Phi) is 3.62. The van der Waals surface area contributed by atoms with Crippen LogP contribution in [0.2, 0.25) is 5.02 Å². The summed E-state index contributed by atoms with van der Waals surface area (Å²) in [6.07, 6.45) is 0. The molecule has 0 unspecified atom stereocenters. The third-order valence-corrected chi connectivity index (χ3v) is 3.22. The fourth-order valence-corrected chi connectivity index (χ4v) is 1.91. The highest BCUT2D eigenvalue weighted by Gasteiger charge is 2.11. The maximum Gasteiger partial charge on any atom is 0.337 e. The Morgan fingerprint density at radius 1 is 1.26 bits per heavy atom. The highest BCUT2D eigenvalue weighted by atomic mass is 35.5. The Hall–Kier alpha value is -2.20. The molecule has 0 spiro atoms. The molecule has 4 nitrogen and oxygen atoms in total. The van der Waals surface area contributed by atoms with Crippen molar-refractivity contribution in [3.8, 4) is 0 Å². The van der Waals surface area contributed by atoms with E-state index in [0.29, 0.717) is 16.4 Å². The highest BCUT2D eigenvalue weighted by Crippen LogP contribution is 2.28. The van der Waals surface area contributed by atoms with Crippen molar-refractivity contribution >= 4 is 34.6 Å². The molecule has 2 rings (SSSR count). The largest absolute Gasteiger partial charge is 0.478 e. The number of carbonyl (C=O) groups is 1. The standard InChI is InChI=1S/C14H13ClN2O2/c1-8-11(15)3-2-4-12(8)17-13-7-9(16)5-6-10(13)14(18)19/h2-7,17H,16H2,1H3,(H,18,19). The van der Waals surface area contributed by atoms with E-state index in [-0.39, 0.29) is 5.56 Å². The van der Waals surface area contributed by atoms with Crippen LogP contribution in [0.15, 0.2) is 36.4 Å². The molecule has 0 fully saturated rings. The predicted molar refractivity (Wildman–Crippen MR) is 77.3 cm³/mol. The molecule has 0 radical (unpaired) electrons. The molecule has 0 aromatic heterocycles. The monoisotopic (exact) mass is 276 g/mol. The summed E-state index contributed by atoms with van der Waals surface area (Å²) in [5, 5.41) is 12.8. The fraction of sp³-hybridized carbons (Fsp3) is 0.0714. The smallest absolute Gasteiger partial charge is 0.337 e. The van der Waals surface area contributed by atoms with Crippen LogP contribution in [0, 0.1) is 6.92 Å². The van der Waals surface area contributed by atoms with E-state index >= 15 is 0 Å². The van der Waals surface area contributed by atoms with Crippen LogP contribution in [0.5, 0.6) is 0 Å². The van der Waals surface area contributed by atoms with Crippen LogP contribution in [-0.2, 0) is 0 Å². The number of rotatable bonds is 3. The van der Waals surface area contributed by atoms with Gasteiger partial charge in [0.2, 0.25) is 0 Å². The predicted octanol–water partition coefficient (Wildman–Crippen LogP) is 3.67. The summed E-state index contributed by atoms with van der Waals surface area (Å²) in [4.78, 5) is 11.2. The molecule has 0 saturated carbocycles. The van der Waals surface area contributed by atoms with Gasteiger partial charge in [0.1, 0.15) is 0 Å². The molecule has 0 aliphatic heterocycles. The summed E-state index contributed by atoms with van der Waals surface area (Å²) < 4.78 is 0. The minimum atomic E-state index is -1.01. The van der Waals surface area contributed by atoms with Crippen molar-refractivity contribution < 1.29 is 9.90 Å². The molecule has 0 heterocycles.